The Kier molecular flexibility index (Phi) is 7.36. The van der Waals surface area contributed by atoms with Gasteiger partial charge in [0.2, 0.25) is 20.0 Å². The van der Waals surface area contributed by atoms with Crippen LogP contribution in [0.3, 0.4) is 0 Å². The number of anilines is 1. The number of sulfonamides is 2. The summed E-state index contributed by atoms with van der Waals surface area (Å²) >= 11 is 0. The second-order valence-electron chi connectivity index (χ2n) is 7.84. The van der Waals surface area contributed by atoms with Gasteiger partial charge in [0, 0.05) is 13.1 Å². The second kappa shape index (κ2) is 9.68. The van der Waals surface area contributed by atoms with Crippen molar-refractivity contribution in [3.8, 4) is 11.5 Å². The van der Waals surface area contributed by atoms with Crippen LogP contribution in [0.1, 0.15) is 29.5 Å². The maximum Gasteiger partial charge on any atom is 0.241 e. The number of benzene rings is 2. The molecule has 0 aromatic heterocycles. The Labute approximate surface area is 190 Å². The topological polar surface area (TPSA) is 102 Å². The molecule has 0 spiro atoms. The van der Waals surface area contributed by atoms with Crippen molar-refractivity contribution in [3.63, 3.8) is 0 Å². The molecule has 0 atom stereocenters. The molecule has 2 aromatic rings. The minimum atomic E-state index is -3.77. The lowest BCUT2D eigenvalue weighted by molar-refractivity contribution is 0.354. The van der Waals surface area contributed by atoms with Crippen LogP contribution in [0.5, 0.6) is 11.5 Å². The minimum Gasteiger partial charge on any atom is -0.493 e. The Morgan fingerprint density at radius 2 is 1.66 bits per heavy atom. The molecule has 3 rings (SSSR count). The Morgan fingerprint density at radius 1 is 1.00 bits per heavy atom. The van der Waals surface area contributed by atoms with E-state index in [0.29, 0.717) is 47.7 Å². The predicted octanol–water partition coefficient (Wildman–Crippen LogP) is 2.77. The molecule has 0 radical (unpaired) electrons. The summed E-state index contributed by atoms with van der Waals surface area (Å²) in [7, 11) is -4.03. The van der Waals surface area contributed by atoms with Gasteiger partial charge in [0.1, 0.15) is 0 Å². The molecule has 0 unspecified atom stereocenters. The van der Waals surface area contributed by atoms with Crippen molar-refractivity contribution in [1.29, 1.82) is 0 Å². The first-order chi connectivity index (χ1) is 15.1. The molecule has 1 aliphatic rings. The van der Waals surface area contributed by atoms with Crippen LogP contribution in [0, 0.1) is 13.8 Å². The number of nitrogens with zero attached hydrogens (tertiary/aromatic N) is 1. The third-order valence-corrected chi connectivity index (χ3v) is 9.14. The zero-order valence-electron chi connectivity index (χ0n) is 18.8. The van der Waals surface area contributed by atoms with E-state index in [0.717, 1.165) is 12.0 Å². The highest BCUT2D eigenvalue weighted by Gasteiger charge is 2.28. The smallest absolute Gasteiger partial charge is 0.241 e. The highest BCUT2D eigenvalue weighted by molar-refractivity contribution is 7.92. The molecule has 0 saturated carbocycles. The molecule has 1 fully saturated rings. The Morgan fingerprint density at radius 3 is 2.25 bits per heavy atom. The Balaban J connectivity index is 1.77. The van der Waals surface area contributed by atoms with Gasteiger partial charge in [0.25, 0.3) is 0 Å². The highest BCUT2D eigenvalue weighted by atomic mass is 32.2. The number of nitrogens with one attached hydrogen (secondary N) is 1. The van der Waals surface area contributed by atoms with Crippen LogP contribution < -0.4 is 18.5 Å². The number of rotatable bonds is 8. The fraction of sp³-hybridized carbons (Fsp3) is 0.455. The molecule has 0 aliphatic carbocycles. The van der Waals surface area contributed by atoms with Crippen molar-refractivity contribution < 1.29 is 26.3 Å². The van der Waals surface area contributed by atoms with Crippen LogP contribution in [-0.4, -0.2) is 49.9 Å². The molecule has 1 saturated heterocycles. The van der Waals surface area contributed by atoms with Crippen molar-refractivity contribution in [1.82, 2.24) is 4.72 Å². The normalized spacial score (nSPS) is 16.1. The average Bonchev–Trinajstić information content (AvgIpc) is 2.72. The first kappa shape index (κ1) is 24.3. The molecule has 0 amide bonds. The molecule has 32 heavy (non-hydrogen) atoms. The summed E-state index contributed by atoms with van der Waals surface area (Å²) in [6.07, 6.45) is 1.91. The van der Waals surface area contributed by atoms with Gasteiger partial charge in [0.05, 0.1) is 30.6 Å². The molecule has 176 valence electrons. The standard InChI is InChI=1S/C22H30N2O6S2/c1-16-13-19(24-11-5-6-12-31(24,25)26)14-17(2)22(16)32(27,28)23-10-9-18-7-8-20(29-3)21(15-18)30-4/h7-8,13-15,23H,5-6,9-12H2,1-4H3. The quantitative estimate of drug-likeness (QED) is 0.621. The number of methoxy groups -OCH3 is 2. The molecule has 2 aromatic carbocycles. The van der Waals surface area contributed by atoms with E-state index in [1.165, 1.54) is 4.31 Å². The van der Waals surface area contributed by atoms with E-state index in [1.54, 1.807) is 46.3 Å². The summed E-state index contributed by atoms with van der Waals surface area (Å²) in [6, 6.07) is 8.74. The van der Waals surface area contributed by atoms with Gasteiger partial charge >= 0.3 is 0 Å². The fourth-order valence-electron chi connectivity index (χ4n) is 4.01. The molecule has 10 heteroatoms. The second-order valence-corrected chi connectivity index (χ2v) is 11.6. The van der Waals surface area contributed by atoms with E-state index in [2.05, 4.69) is 4.72 Å². The summed E-state index contributed by atoms with van der Waals surface area (Å²) in [5.41, 5.74) is 2.45. The summed E-state index contributed by atoms with van der Waals surface area (Å²) < 4.78 is 65.4. The van der Waals surface area contributed by atoms with Gasteiger partial charge in [-0.3, -0.25) is 4.31 Å². The van der Waals surface area contributed by atoms with Gasteiger partial charge in [-0.1, -0.05) is 6.07 Å². The molecule has 1 heterocycles. The Bertz CT molecular complexity index is 1170. The molecular weight excluding hydrogens is 452 g/mol. The van der Waals surface area contributed by atoms with Crippen molar-refractivity contribution in [3.05, 3.63) is 47.0 Å². The number of aryl methyl sites for hydroxylation is 2. The van der Waals surface area contributed by atoms with Crippen molar-refractivity contribution in [2.45, 2.75) is 38.0 Å². The van der Waals surface area contributed by atoms with Crippen LogP contribution in [0.25, 0.3) is 0 Å². The van der Waals surface area contributed by atoms with Crippen molar-refractivity contribution in [2.75, 3.05) is 37.4 Å². The lowest BCUT2D eigenvalue weighted by atomic mass is 10.1. The van der Waals surface area contributed by atoms with Crippen LogP contribution in [0.15, 0.2) is 35.2 Å². The molecule has 1 N–H and O–H groups in total. The minimum absolute atomic E-state index is 0.114. The number of ether oxygens (including phenoxy) is 2. The third-order valence-electron chi connectivity index (χ3n) is 5.50. The van der Waals surface area contributed by atoms with Crippen molar-refractivity contribution >= 4 is 25.7 Å². The maximum atomic E-state index is 13.0. The van der Waals surface area contributed by atoms with Gasteiger partial charge in [-0.25, -0.2) is 21.6 Å². The molecule has 1 aliphatic heterocycles. The van der Waals surface area contributed by atoms with Gasteiger partial charge in [-0.15, -0.1) is 0 Å². The van der Waals surface area contributed by atoms with E-state index in [-0.39, 0.29) is 17.2 Å². The molecule has 8 nitrogen and oxygen atoms in total. The molecule has 0 bridgehead atoms. The average molecular weight is 483 g/mol. The zero-order valence-corrected chi connectivity index (χ0v) is 20.5. The van der Waals surface area contributed by atoms with Crippen LogP contribution in [0.4, 0.5) is 5.69 Å². The van der Waals surface area contributed by atoms with Gasteiger partial charge in [0.15, 0.2) is 11.5 Å². The highest BCUT2D eigenvalue weighted by Crippen LogP contribution is 2.30. The summed E-state index contributed by atoms with van der Waals surface area (Å²) in [4.78, 5) is 0.183. The van der Waals surface area contributed by atoms with E-state index in [4.69, 9.17) is 9.47 Å². The molecular formula is C22H30N2O6S2. The van der Waals surface area contributed by atoms with Gasteiger partial charge < -0.3 is 9.47 Å². The van der Waals surface area contributed by atoms with Gasteiger partial charge in [-0.05, 0) is 74.1 Å². The number of hydrogen-bond acceptors (Lipinski definition) is 6. The predicted molar refractivity (Wildman–Crippen MR) is 125 cm³/mol. The van der Waals surface area contributed by atoms with E-state index >= 15 is 0 Å². The van der Waals surface area contributed by atoms with E-state index in [9.17, 15) is 16.8 Å². The van der Waals surface area contributed by atoms with Crippen LogP contribution >= 0.6 is 0 Å². The fourth-order valence-corrected chi connectivity index (χ4v) is 7.12. The van der Waals surface area contributed by atoms with E-state index in [1.807, 2.05) is 12.1 Å². The summed E-state index contributed by atoms with van der Waals surface area (Å²) in [5, 5.41) is 0. The summed E-state index contributed by atoms with van der Waals surface area (Å²) in [6.45, 7) is 4.00. The monoisotopic (exact) mass is 482 g/mol. The van der Waals surface area contributed by atoms with Crippen LogP contribution in [0.2, 0.25) is 0 Å². The summed E-state index contributed by atoms with van der Waals surface area (Å²) in [5.74, 6) is 1.31. The number of hydrogen-bond donors (Lipinski definition) is 1. The first-order valence-electron chi connectivity index (χ1n) is 10.4. The largest absolute Gasteiger partial charge is 0.493 e. The maximum absolute atomic E-state index is 13.0. The third kappa shape index (κ3) is 5.19. The lowest BCUT2D eigenvalue weighted by Crippen LogP contribution is -2.38. The van der Waals surface area contributed by atoms with E-state index < -0.39 is 20.0 Å². The lowest BCUT2D eigenvalue weighted by Gasteiger charge is -2.29. The van der Waals surface area contributed by atoms with Gasteiger partial charge in [-0.2, -0.15) is 0 Å². The van der Waals surface area contributed by atoms with Crippen LogP contribution in [-0.2, 0) is 26.5 Å². The Hall–Kier alpha value is -2.30. The van der Waals surface area contributed by atoms with Crippen molar-refractivity contribution in [2.24, 2.45) is 0 Å². The zero-order chi connectivity index (χ0) is 23.5. The SMILES string of the molecule is COc1ccc(CCNS(=O)(=O)c2c(C)cc(N3CCCCS3(=O)=O)cc2C)cc1OC. The first-order valence-corrected chi connectivity index (χ1v) is 13.5.